The highest BCUT2D eigenvalue weighted by atomic mass is 16.5. The highest BCUT2D eigenvalue weighted by Gasteiger charge is 2.11. The Morgan fingerprint density at radius 1 is 0.786 bits per heavy atom. The summed E-state index contributed by atoms with van der Waals surface area (Å²) in [5.41, 5.74) is 2.72. The Morgan fingerprint density at radius 2 is 1.39 bits per heavy atom. The molecule has 0 aliphatic heterocycles. The number of imidazole rings is 1. The number of aryl methyl sites for hydroxylation is 2. The second kappa shape index (κ2) is 10.5. The van der Waals surface area contributed by atoms with Crippen LogP contribution in [-0.2, 0) is 12.8 Å². The van der Waals surface area contributed by atoms with Gasteiger partial charge in [-0.2, -0.15) is 0 Å². The second-order valence-corrected chi connectivity index (χ2v) is 7.14. The lowest BCUT2D eigenvalue weighted by molar-refractivity contribution is 0.412. The lowest BCUT2D eigenvalue weighted by Crippen LogP contribution is -2.09. The second-order valence-electron chi connectivity index (χ2n) is 7.14. The maximum atomic E-state index is 5.25. The van der Waals surface area contributed by atoms with E-state index in [0.29, 0.717) is 6.04 Å². The fraction of sp³-hybridized carbons (Fsp3) is 0.375. The van der Waals surface area contributed by atoms with Crippen LogP contribution in [0.25, 0.3) is 0 Å². The summed E-state index contributed by atoms with van der Waals surface area (Å²) in [5.74, 6) is 1.83. The number of methoxy groups -OCH3 is 2. The number of hydrogen-bond acceptors (Lipinski definition) is 3. The molecule has 4 heteroatoms. The molecule has 0 amide bonds. The van der Waals surface area contributed by atoms with Gasteiger partial charge in [-0.1, -0.05) is 30.7 Å². The smallest absolute Gasteiger partial charge is 0.118 e. The Labute approximate surface area is 168 Å². The molecule has 1 atom stereocenters. The fourth-order valence-electron chi connectivity index (χ4n) is 3.55. The van der Waals surface area contributed by atoms with E-state index in [4.69, 9.17) is 9.47 Å². The molecule has 3 aromatic rings. The molecule has 0 bridgehead atoms. The van der Waals surface area contributed by atoms with Crippen molar-refractivity contribution in [2.75, 3.05) is 14.2 Å². The van der Waals surface area contributed by atoms with Crippen LogP contribution in [-0.4, -0.2) is 23.8 Å². The molecule has 1 aromatic heterocycles. The summed E-state index contributed by atoms with van der Waals surface area (Å²) in [4.78, 5) is 4.25. The minimum Gasteiger partial charge on any atom is -0.497 e. The molecule has 0 aliphatic carbocycles. The zero-order valence-electron chi connectivity index (χ0n) is 16.9. The van der Waals surface area contributed by atoms with Crippen LogP contribution in [0.15, 0.2) is 67.3 Å². The molecular formula is C24H30N2O2. The maximum absolute atomic E-state index is 5.25. The quantitative estimate of drug-likeness (QED) is 0.414. The minimum absolute atomic E-state index is 0.487. The van der Waals surface area contributed by atoms with Gasteiger partial charge in [-0.05, 0) is 67.5 Å². The third kappa shape index (κ3) is 5.88. The van der Waals surface area contributed by atoms with Crippen molar-refractivity contribution in [3.8, 4) is 11.5 Å². The number of unbranched alkanes of at least 4 members (excludes halogenated alkanes) is 1. The molecule has 1 heterocycles. The Kier molecular flexibility index (Phi) is 7.53. The van der Waals surface area contributed by atoms with Gasteiger partial charge < -0.3 is 14.0 Å². The van der Waals surface area contributed by atoms with Crippen molar-refractivity contribution in [1.82, 2.24) is 9.55 Å². The van der Waals surface area contributed by atoms with E-state index in [-0.39, 0.29) is 0 Å². The molecule has 0 fully saturated rings. The summed E-state index contributed by atoms with van der Waals surface area (Å²) < 4.78 is 12.7. The van der Waals surface area contributed by atoms with Crippen molar-refractivity contribution in [3.05, 3.63) is 78.4 Å². The molecule has 2 aromatic carbocycles. The summed E-state index contributed by atoms with van der Waals surface area (Å²) in [6, 6.07) is 17.3. The highest BCUT2D eigenvalue weighted by molar-refractivity contribution is 5.28. The van der Waals surface area contributed by atoms with E-state index in [9.17, 15) is 0 Å². The lowest BCUT2D eigenvalue weighted by atomic mass is 9.99. The average molecular weight is 379 g/mol. The van der Waals surface area contributed by atoms with Gasteiger partial charge in [0.25, 0.3) is 0 Å². The van der Waals surface area contributed by atoms with Crippen molar-refractivity contribution in [3.63, 3.8) is 0 Å². The summed E-state index contributed by atoms with van der Waals surface area (Å²) in [6.45, 7) is 0. The number of hydrogen-bond donors (Lipinski definition) is 0. The molecule has 148 valence electrons. The first-order chi connectivity index (χ1) is 13.8. The number of ether oxygens (including phenoxy) is 2. The predicted molar refractivity (Wildman–Crippen MR) is 113 cm³/mol. The van der Waals surface area contributed by atoms with Crippen molar-refractivity contribution in [1.29, 1.82) is 0 Å². The average Bonchev–Trinajstić information content (AvgIpc) is 3.29. The Hall–Kier alpha value is -2.75. The van der Waals surface area contributed by atoms with Gasteiger partial charge in [0.15, 0.2) is 0 Å². The van der Waals surface area contributed by atoms with E-state index in [2.05, 4.69) is 40.0 Å². The largest absolute Gasteiger partial charge is 0.497 e. The topological polar surface area (TPSA) is 36.3 Å². The van der Waals surface area contributed by atoms with Gasteiger partial charge in [0.1, 0.15) is 11.5 Å². The number of aromatic nitrogens is 2. The molecular weight excluding hydrogens is 348 g/mol. The molecule has 0 radical (unpaired) electrons. The summed E-state index contributed by atoms with van der Waals surface area (Å²) in [7, 11) is 3.41. The maximum Gasteiger partial charge on any atom is 0.118 e. The zero-order chi connectivity index (χ0) is 19.6. The van der Waals surface area contributed by atoms with Crippen LogP contribution in [0.4, 0.5) is 0 Å². The predicted octanol–water partition coefficient (Wildman–Crippen LogP) is 5.49. The van der Waals surface area contributed by atoms with Gasteiger partial charge in [-0.3, -0.25) is 0 Å². The number of benzene rings is 2. The molecule has 0 N–H and O–H groups in total. The van der Waals surface area contributed by atoms with Crippen LogP contribution in [0.1, 0.15) is 42.9 Å². The monoisotopic (exact) mass is 378 g/mol. The molecule has 0 saturated carbocycles. The van der Waals surface area contributed by atoms with Crippen LogP contribution >= 0.6 is 0 Å². The molecule has 28 heavy (non-hydrogen) atoms. The van der Waals surface area contributed by atoms with Crippen LogP contribution in [0.2, 0.25) is 0 Å². The molecule has 0 aliphatic rings. The van der Waals surface area contributed by atoms with Crippen molar-refractivity contribution < 1.29 is 9.47 Å². The van der Waals surface area contributed by atoms with Gasteiger partial charge in [-0.15, -0.1) is 0 Å². The Balaban J connectivity index is 1.49. The van der Waals surface area contributed by atoms with Crippen LogP contribution in [0, 0.1) is 0 Å². The fourth-order valence-corrected chi connectivity index (χ4v) is 3.55. The SMILES string of the molecule is COc1ccc(CCCCC(CCc2ccc(OC)cc2)n2ccnc2)cc1. The molecule has 3 rings (SSSR count). The first kappa shape index (κ1) is 20.0. The van der Waals surface area contributed by atoms with Crippen molar-refractivity contribution >= 4 is 0 Å². The van der Waals surface area contributed by atoms with E-state index in [1.54, 1.807) is 14.2 Å². The third-order valence-electron chi connectivity index (χ3n) is 5.28. The van der Waals surface area contributed by atoms with E-state index in [1.165, 1.54) is 30.4 Å². The van der Waals surface area contributed by atoms with Gasteiger partial charge in [0.05, 0.1) is 20.5 Å². The molecule has 4 nitrogen and oxygen atoms in total. The normalized spacial score (nSPS) is 11.9. The van der Waals surface area contributed by atoms with Crippen LogP contribution < -0.4 is 9.47 Å². The van der Waals surface area contributed by atoms with Crippen LogP contribution in [0.3, 0.4) is 0 Å². The summed E-state index contributed by atoms with van der Waals surface area (Å²) >= 11 is 0. The third-order valence-corrected chi connectivity index (χ3v) is 5.28. The van der Waals surface area contributed by atoms with Crippen LogP contribution in [0.5, 0.6) is 11.5 Å². The van der Waals surface area contributed by atoms with E-state index < -0.39 is 0 Å². The van der Waals surface area contributed by atoms with E-state index in [1.807, 2.05) is 36.8 Å². The summed E-state index contributed by atoms with van der Waals surface area (Å²) in [6.07, 6.45) is 12.8. The zero-order valence-corrected chi connectivity index (χ0v) is 16.9. The first-order valence-corrected chi connectivity index (χ1v) is 10.0. The molecule has 1 unspecified atom stereocenters. The standard InChI is InChI=1S/C24H30N2O2/c1-27-23-13-8-20(9-14-23)5-3-4-6-22(26-18-17-25-19-26)12-7-21-10-15-24(28-2)16-11-21/h8-11,13-19,22H,3-7,12H2,1-2H3. The molecule has 0 saturated heterocycles. The number of nitrogens with zero attached hydrogens (tertiary/aromatic N) is 2. The van der Waals surface area contributed by atoms with Gasteiger partial charge in [-0.25, -0.2) is 4.98 Å². The lowest BCUT2D eigenvalue weighted by Gasteiger charge is -2.18. The minimum atomic E-state index is 0.487. The van der Waals surface area contributed by atoms with E-state index in [0.717, 1.165) is 30.8 Å². The first-order valence-electron chi connectivity index (χ1n) is 10.0. The van der Waals surface area contributed by atoms with Gasteiger partial charge in [0.2, 0.25) is 0 Å². The Morgan fingerprint density at radius 3 is 1.93 bits per heavy atom. The van der Waals surface area contributed by atoms with Crippen molar-refractivity contribution in [2.45, 2.75) is 44.6 Å². The van der Waals surface area contributed by atoms with Gasteiger partial charge >= 0.3 is 0 Å². The molecule has 0 spiro atoms. The van der Waals surface area contributed by atoms with E-state index >= 15 is 0 Å². The highest BCUT2D eigenvalue weighted by Crippen LogP contribution is 2.23. The Bertz CT molecular complexity index is 796. The summed E-state index contributed by atoms with van der Waals surface area (Å²) in [5, 5.41) is 0. The number of rotatable bonds is 11. The van der Waals surface area contributed by atoms with Gasteiger partial charge in [0, 0.05) is 18.4 Å². The van der Waals surface area contributed by atoms with Crippen molar-refractivity contribution in [2.24, 2.45) is 0 Å².